The zero-order valence-corrected chi connectivity index (χ0v) is 16.9. The number of rotatable bonds is 5. The van der Waals surface area contributed by atoms with E-state index in [4.69, 9.17) is 4.74 Å². The Kier molecular flexibility index (Phi) is 5.80. The molecule has 1 aromatic heterocycles. The van der Waals surface area contributed by atoms with Crippen LogP contribution in [0.4, 0.5) is 13.2 Å². The number of ether oxygens (including phenoxy) is 1. The van der Waals surface area contributed by atoms with Crippen LogP contribution in [0.15, 0.2) is 60.8 Å². The molecule has 1 fully saturated rings. The summed E-state index contributed by atoms with van der Waals surface area (Å²) in [5, 5.41) is 3.86. The first-order chi connectivity index (χ1) is 14.4. The molecule has 2 heterocycles. The van der Waals surface area contributed by atoms with Crippen molar-refractivity contribution in [2.45, 2.75) is 37.5 Å². The minimum Gasteiger partial charge on any atom is -0.373 e. The van der Waals surface area contributed by atoms with E-state index < -0.39 is 17.8 Å². The largest absolute Gasteiger partial charge is 0.416 e. The number of nitrogens with zero attached hydrogens (tertiary/aromatic N) is 1. The molecule has 4 rings (SSSR count). The molecule has 30 heavy (non-hydrogen) atoms. The molecular formula is C24H25F3N2O. The first-order valence-electron chi connectivity index (χ1n) is 10.2. The van der Waals surface area contributed by atoms with Crippen LogP contribution >= 0.6 is 0 Å². The van der Waals surface area contributed by atoms with Gasteiger partial charge in [0.2, 0.25) is 0 Å². The summed E-state index contributed by atoms with van der Waals surface area (Å²) in [6.45, 7) is 4.04. The lowest BCUT2D eigenvalue weighted by Gasteiger charge is -2.39. The van der Waals surface area contributed by atoms with Gasteiger partial charge < -0.3 is 10.1 Å². The third-order valence-electron chi connectivity index (χ3n) is 6.06. The van der Waals surface area contributed by atoms with E-state index in [9.17, 15) is 13.2 Å². The van der Waals surface area contributed by atoms with Crippen LogP contribution in [0.5, 0.6) is 0 Å². The minimum atomic E-state index is -4.42. The Morgan fingerprint density at radius 3 is 2.50 bits per heavy atom. The maximum atomic E-state index is 13.5. The number of nitrogens with one attached hydrogen (secondary N) is 1. The Balaban J connectivity index is 1.65. The van der Waals surface area contributed by atoms with E-state index in [1.165, 1.54) is 11.6 Å². The third-order valence-corrected chi connectivity index (χ3v) is 6.06. The fraction of sp³-hybridized carbons (Fsp3) is 0.375. The first kappa shape index (κ1) is 20.8. The van der Waals surface area contributed by atoms with Gasteiger partial charge in [-0.15, -0.1) is 0 Å². The van der Waals surface area contributed by atoms with Crippen molar-refractivity contribution in [3.63, 3.8) is 0 Å². The van der Waals surface area contributed by atoms with Crippen LogP contribution in [0.3, 0.4) is 0 Å². The normalized spacial score (nSPS) is 17.7. The van der Waals surface area contributed by atoms with Gasteiger partial charge in [0.25, 0.3) is 0 Å². The summed E-state index contributed by atoms with van der Waals surface area (Å²) in [7, 11) is 0. The standard InChI is InChI=1S/C24H25F3N2O/c1-17(21-15-20(24(25,26)27)14-18-6-5-11-29-22(18)21)30-16-23(9-12-28-13-10-23)19-7-3-2-4-8-19/h2-8,11,14-15,17,28H,9-10,12-13,16H2,1H3. The van der Waals surface area contributed by atoms with Gasteiger partial charge >= 0.3 is 6.18 Å². The monoisotopic (exact) mass is 414 g/mol. The van der Waals surface area contributed by atoms with Gasteiger partial charge in [-0.3, -0.25) is 4.98 Å². The number of benzene rings is 2. The number of pyridine rings is 1. The number of halogens is 3. The van der Waals surface area contributed by atoms with Gasteiger partial charge in [-0.05, 0) is 56.6 Å². The van der Waals surface area contributed by atoms with E-state index in [1.807, 2.05) is 25.1 Å². The Bertz CT molecular complexity index is 998. The van der Waals surface area contributed by atoms with Gasteiger partial charge in [0.1, 0.15) is 0 Å². The highest BCUT2D eigenvalue weighted by Crippen LogP contribution is 2.38. The van der Waals surface area contributed by atoms with Crippen molar-refractivity contribution in [3.8, 4) is 0 Å². The second-order valence-corrected chi connectivity index (χ2v) is 7.99. The number of aromatic nitrogens is 1. The maximum Gasteiger partial charge on any atom is 0.416 e. The van der Waals surface area contributed by atoms with Crippen LogP contribution in [0, 0.1) is 0 Å². The van der Waals surface area contributed by atoms with Gasteiger partial charge in [0, 0.05) is 22.6 Å². The predicted molar refractivity (Wildman–Crippen MR) is 111 cm³/mol. The van der Waals surface area contributed by atoms with Crippen LogP contribution in [-0.2, 0) is 16.3 Å². The lowest BCUT2D eigenvalue weighted by molar-refractivity contribution is -0.137. The number of alkyl halides is 3. The topological polar surface area (TPSA) is 34.1 Å². The zero-order valence-electron chi connectivity index (χ0n) is 16.9. The summed E-state index contributed by atoms with van der Waals surface area (Å²) >= 11 is 0. The van der Waals surface area contributed by atoms with Crippen molar-refractivity contribution in [3.05, 3.63) is 77.5 Å². The quantitative estimate of drug-likeness (QED) is 0.586. The summed E-state index contributed by atoms with van der Waals surface area (Å²) in [5.41, 5.74) is 1.42. The highest BCUT2D eigenvalue weighted by atomic mass is 19.4. The summed E-state index contributed by atoms with van der Waals surface area (Å²) in [6.07, 6.45) is -1.49. The molecule has 1 atom stereocenters. The van der Waals surface area contributed by atoms with E-state index >= 15 is 0 Å². The van der Waals surface area contributed by atoms with Gasteiger partial charge in [-0.2, -0.15) is 13.2 Å². The Morgan fingerprint density at radius 2 is 1.80 bits per heavy atom. The molecule has 0 radical (unpaired) electrons. The van der Waals surface area contributed by atoms with E-state index in [-0.39, 0.29) is 5.41 Å². The van der Waals surface area contributed by atoms with Crippen LogP contribution in [-0.4, -0.2) is 24.7 Å². The smallest absolute Gasteiger partial charge is 0.373 e. The summed E-state index contributed by atoms with van der Waals surface area (Å²) in [6, 6.07) is 15.9. The Labute approximate surface area is 174 Å². The maximum absolute atomic E-state index is 13.5. The van der Waals surface area contributed by atoms with Gasteiger partial charge in [-0.25, -0.2) is 0 Å². The Morgan fingerprint density at radius 1 is 1.07 bits per heavy atom. The summed E-state index contributed by atoms with van der Waals surface area (Å²) in [5.74, 6) is 0. The molecule has 1 aliphatic heterocycles. The van der Waals surface area contributed by atoms with Gasteiger partial charge in [0.05, 0.1) is 23.8 Å². The fourth-order valence-electron chi connectivity index (χ4n) is 4.28. The molecular weight excluding hydrogens is 389 g/mol. The van der Waals surface area contributed by atoms with E-state index in [2.05, 4.69) is 22.4 Å². The number of fused-ring (bicyclic) bond motifs is 1. The molecule has 0 spiro atoms. The number of hydrogen-bond donors (Lipinski definition) is 1. The van der Waals surface area contributed by atoms with Crippen molar-refractivity contribution in [1.29, 1.82) is 0 Å². The molecule has 3 nitrogen and oxygen atoms in total. The van der Waals surface area contributed by atoms with Crippen molar-refractivity contribution in [1.82, 2.24) is 10.3 Å². The molecule has 0 saturated carbocycles. The molecule has 1 saturated heterocycles. The summed E-state index contributed by atoms with van der Waals surface area (Å²) in [4.78, 5) is 4.34. The second kappa shape index (κ2) is 8.36. The average molecular weight is 414 g/mol. The van der Waals surface area contributed by atoms with E-state index in [1.54, 1.807) is 18.3 Å². The molecule has 2 aromatic carbocycles. The van der Waals surface area contributed by atoms with Crippen molar-refractivity contribution in [2.24, 2.45) is 0 Å². The van der Waals surface area contributed by atoms with Crippen LogP contribution in [0.2, 0.25) is 0 Å². The molecule has 0 aliphatic carbocycles. The summed E-state index contributed by atoms with van der Waals surface area (Å²) < 4.78 is 46.6. The average Bonchev–Trinajstić information content (AvgIpc) is 2.77. The second-order valence-electron chi connectivity index (χ2n) is 7.99. The molecule has 1 unspecified atom stereocenters. The number of piperidine rings is 1. The molecule has 0 bridgehead atoms. The van der Waals surface area contributed by atoms with Crippen LogP contribution < -0.4 is 5.32 Å². The molecule has 0 amide bonds. The van der Waals surface area contributed by atoms with Crippen LogP contribution in [0.1, 0.15) is 42.6 Å². The van der Waals surface area contributed by atoms with Crippen LogP contribution in [0.25, 0.3) is 10.9 Å². The molecule has 158 valence electrons. The van der Waals surface area contributed by atoms with Crippen molar-refractivity contribution in [2.75, 3.05) is 19.7 Å². The highest BCUT2D eigenvalue weighted by Gasteiger charge is 2.36. The minimum absolute atomic E-state index is 0.147. The molecule has 1 aliphatic rings. The molecule has 6 heteroatoms. The third kappa shape index (κ3) is 4.20. The van der Waals surface area contributed by atoms with Gasteiger partial charge in [-0.1, -0.05) is 36.4 Å². The molecule has 3 aromatic rings. The lowest BCUT2D eigenvalue weighted by atomic mass is 9.74. The lowest BCUT2D eigenvalue weighted by Crippen LogP contribution is -2.43. The van der Waals surface area contributed by atoms with E-state index in [0.29, 0.717) is 23.1 Å². The number of hydrogen-bond acceptors (Lipinski definition) is 3. The Hall–Kier alpha value is -2.44. The molecule has 1 N–H and O–H groups in total. The zero-order chi connectivity index (χ0) is 21.2. The van der Waals surface area contributed by atoms with Gasteiger partial charge in [0.15, 0.2) is 0 Å². The predicted octanol–water partition coefficient (Wildman–Crippen LogP) is 5.65. The van der Waals surface area contributed by atoms with Crippen molar-refractivity contribution >= 4 is 10.9 Å². The van der Waals surface area contributed by atoms with E-state index in [0.717, 1.165) is 32.0 Å². The SMILES string of the molecule is CC(OCC1(c2ccccc2)CCNCC1)c1cc(C(F)(F)F)cc2cccnc12. The fourth-order valence-corrected chi connectivity index (χ4v) is 4.28. The first-order valence-corrected chi connectivity index (χ1v) is 10.2. The highest BCUT2D eigenvalue weighted by molar-refractivity contribution is 5.83. The van der Waals surface area contributed by atoms with Crippen molar-refractivity contribution < 1.29 is 17.9 Å².